The molecule has 1 amide bonds. The molecule has 0 fully saturated rings. The first kappa shape index (κ1) is 15.8. The zero-order chi connectivity index (χ0) is 16.1. The SMILES string of the molecule is COc1cccc(CC(=O)Nc2ccc(C(C)=O)c(C)c2)c1. The van der Waals surface area contributed by atoms with Gasteiger partial charge in [0, 0.05) is 11.3 Å². The lowest BCUT2D eigenvalue weighted by Crippen LogP contribution is -2.14. The second kappa shape index (κ2) is 6.89. The fraction of sp³-hybridized carbons (Fsp3) is 0.222. The highest BCUT2D eigenvalue weighted by molar-refractivity contribution is 5.97. The van der Waals surface area contributed by atoms with Crippen LogP contribution in [0.5, 0.6) is 5.75 Å². The topological polar surface area (TPSA) is 55.4 Å². The number of hydrogen-bond acceptors (Lipinski definition) is 3. The molecular weight excluding hydrogens is 278 g/mol. The number of Topliss-reactive ketones (excluding diaryl/α,β-unsaturated/α-hetero) is 1. The molecule has 0 unspecified atom stereocenters. The van der Waals surface area contributed by atoms with Crippen molar-refractivity contribution in [2.45, 2.75) is 20.3 Å². The van der Waals surface area contributed by atoms with Crippen LogP contribution in [0.3, 0.4) is 0 Å². The second-order valence-electron chi connectivity index (χ2n) is 5.16. The number of ketones is 1. The van der Waals surface area contributed by atoms with Crippen LogP contribution in [0.25, 0.3) is 0 Å². The Hall–Kier alpha value is -2.62. The number of carbonyl (C=O) groups is 2. The summed E-state index contributed by atoms with van der Waals surface area (Å²) in [6.45, 7) is 3.39. The van der Waals surface area contributed by atoms with Gasteiger partial charge in [-0.05, 0) is 55.3 Å². The molecule has 2 aromatic carbocycles. The lowest BCUT2D eigenvalue weighted by atomic mass is 10.0. The molecule has 2 aromatic rings. The van der Waals surface area contributed by atoms with Crippen LogP contribution in [0.1, 0.15) is 28.4 Å². The number of carbonyl (C=O) groups excluding carboxylic acids is 2. The highest BCUT2D eigenvalue weighted by Crippen LogP contribution is 2.17. The van der Waals surface area contributed by atoms with Crippen LogP contribution in [-0.4, -0.2) is 18.8 Å². The Morgan fingerprint density at radius 3 is 2.55 bits per heavy atom. The van der Waals surface area contributed by atoms with E-state index in [1.807, 2.05) is 31.2 Å². The number of amides is 1. The predicted octanol–water partition coefficient (Wildman–Crippen LogP) is 3.39. The Bertz CT molecular complexity index is 707. The van der Waals surface area contributed by atoms with Crippen molar-refractivity contribution in [1.29, 1.82) is 0 Å². The molecule has 0 radical (unpaired) electrons. The molecule has 0 aliphatic heterocycles. The number of hydrogen-bond donors (Lipinski definition) is 1. The van der Waals surface area contributed by atoms with Crippen LogP contribution < -0.4 is 10.1 Å². The highest BCUT2D eigenvalue weighted by atomic mass is 16.5. The predicted molar refractivity (Wildman–Crippen MR) is 86.5 cm³/mol. The van der Waals surface area contributed by atoms with Gasteiger partial charge in [-0.1, -0.05) is 12.1 Å². The van der Waals surface area contributed by atoms with E-state index in [2.05, 4.69) is 5.32 Å². The van der Waals surface area contributed by atoms with Crippen molar-refractivity contribution in [3.05, 3.63) is 59.2 Å². The molecule has 0 aliphatic rings. The quantitative estimate of drug-likeness (QED) is 0.861. The molecule has 0 aliphatic carbocycles. The van der Waals surface area contributed by atoms with Gasteiger partial charge >= 0.3 is 0 Å². The molecule has 0 saturated carbocycles. The number of aryl methyl sites for hydroxylation is 1. The summed E-state index contributed by atoms with van der Waals surface area (Å²) >= 11 is 0. The van der Waals surface area contributed by atoms with Crippen LogP contribution >= 0.6 is 0 Å². The zero-order valence-corrected chi connectivity index (χ0v) is 13.0. The molecule has 4 nitrogen and oxygen atoms in total. The standard InChI is InChI=1S/C18H19NO3/c1-12-9-15(7-8-17(12)13(2)20)19-18(21)11-14-5-4-6-16(10-14)22-3/h4-10H,11H2,1-3H3,(H,19,21). The van der Waals surface area contributed by atoms with Crippen molar-refractivity contribution >= 4 is 17.4 Å². The Labute approximate surface area is 130 Å². The van der Waals surface area contributed by atoms with E-state index in [1.54, 1.807) is 25.3 Å². The number of rotatable bonds is 5. The summed E-state index contributed by atoms with van der Waals surface area (Å²) in [5.41, 5.74) is 3.10. The maximum absolute atomic E-state index is 12.1. The Balaban J connectivity index is 2.05. The minimum absolute atomic E-state index is 0.0201. The summed E-state index contributed by atoms with van der Waals surface area (Å²) in [6, 6.07) is 12.7. The van der Waals surface area contributed by atoms with E-state index in [9.17, 15) is 9.59 Å². The first-order chi connectivity index (χ1) is 10.5. The lowest BCUT2D eigenvalue weighted by molar-refractivity contribution is -0.115. The summed E-state index contributed by atoms with van der Waals surface area (Å²) in [7, 11) is 1.60. The third-order valence-corrected chi connectivity index (χ3v) is 3.39. The van der Waals surface area contributed by atoms with Gasteiger partial charge in [0.05, 0.1) is 13.5 Å². The van der Waals surface area contributed by atoms with Crippen molar-refractivity contribution in [1.82, 2.24) is 0 Å². The lowest BCUT2D eigenvalue weighted by Gasteiger charge is -2.09. The van der Waals surface area contributed by atoms with Gasteiger partial charge in [0.1, 0.15) is 5.75 Å². The normalized spacial score (nSPS) is 10.1. The van der Waals surface area contributed by atoms with Crippen molar-refractivity contribution in [2.24, 2.45) is 0 Å². The maximum atomic E-state index is 12.1. The van der Waals surface area contributed by atoms with Gasteiger partial charge in [-0.15, -0.1) is 0 Å². The molecule has 2 rings (SSSR count). The van der Waals surface area contributed by atoms with Crippen molar-refractivity contribution < 1.29 is 14.3 Å². The van der Waals surface area contributed by atoms with Gasteiger partial charge in [0.2, 0.25) is 5.91 Å². The van der Waals surface area contributed by atoms with E-state index in [1.165, 1.54) is 6.92 Å². The molecule has 114 valence electrons. The second-order valence-corrected chi connectivity index (χ2v) is 5.16. The third-order valence-electron chi connectivity index (χ3n) is 3.39. The average molecular weight is 297 g/mol. The molecule has 22 heavy (non-hydrogen) atoms. The van der Waals surface area contributed by atoms with Gasteiger partial charge in [-0.25, -0.2) is 0 Å². The molecular formula is C18H19NO3. The van der Waals surface area contributed by atoms with E-state index >= 15 is 0 Å². The van der Waals surface area contributed by atoms with E-state index in [0.717, 1.165) is 16.9 Å². The van der Waals surface area contributed by atoms with Crippen molar-refractivity contribution in [3.63, 3.8) is 0 Å². The molecule has 0 saturated heterocycles. The zero-order valence-electron chi connectivity index (χ0n) is 13.0. The average Bonchev–Trinajstić information content (AvgIpc) is 2.47. The molecule has 1 N–H and O–H groups in total. The minimum Gasteiger partial charge on any atom is -0.497 e. The number of benzene rings is 2. The largest absolute Gasteiger partial charge is 0.497 e. The molecule has 0 aromatic heterocycles. The van der Waals surface area contributed by atoms with Crippen LogP contribution in [-0.2, 0) is 11.2 Å². The van der Waals surface area contributed by atoms with Crippen molar-refractivity contribution in [2.75, 3.05) is 12.4 Å². The number of anilines is 1. The first-order valence-corrected chi connectivity index (χ1v) is 7.04. The number of methoxy groups -OCH3 is 1. The van der Waals surface area contributed by atoms with Crippen molar-refractivity contribution in [3.8, 4) is 5.75 Å². The van der Waals surface area contributed by atoms with Gasteiger partial charge in [0.15, 0.2) is 5.78 Å². The summed E-state index contributed by atoms with van der Waals surface area (Å²) in [4.78, 5) is 23.5. The molecule has 0 bridgehead atoms. The maximum Gasteiger partial charge on any atom is 0.228 e. The van der Waals surface area contributed by atoms with Gasteiger partial charge in [-0.2, -0.15) is 0 Å². The Morgan fingerprint density at radius 2 is 1.91 bits per heavy atom. The molecule has 0 spiro atoms. The summed E-state index contributed by atoms with van der Waals surface area (Å²) in [5.74, 6) is 0.641. The Kier molecular flexibility index (Phi) is 4.94. The van der Waals surface area contributed by atoms with E-state index in [0.29, 0.717) is 11.3 Å². The number of ether oxygens (including phenoxy) is 1. The summed E-state index contributed by atoms with van der Waals surface area (Å²) < 4.78 is 5.14. The summed E-state index contributed by atoms with van der Waals surface area (Å²) in [5, 5.41) is 2.84. The first-order valence-electron chi connectivity index (χ1n) is 7.04. The molecule has 0 atom stereocenters. The molecule has 0 heterocycles. The van der Waals surface area contributed by atoms with E-state index < -0.39 is 0 Å². The van der Waals surface area contributed by atoms with E-state index in [4.69, 9.17) is 4.74 Å². The fourth-order valence-electron chi connectivity index (χ4n) is 2.31. The van der Waals surface area contributed by atoms with Crippen LogP contribution in [0.2, 0.25) is 0 Å². The van der Waals surface area contributed by atoms with Crippen LogP contribution in [0, 0.1) is 6.92 Å². The van der Waals surface area contributed by atoms with Gasteiger partial charge in [-0.3, -0.25) is 9.59 Å². The number of nitrogens with one attached hydrogen (secondary N) is 1. The van der Waals surface area contributed by atoms with Crippen LogP contribution in [0.15, 0.2) is 42.5 Å². The highest BCUT2D eigenvalue weighted by Gasteiger charge is 2.08. The molecule has 4 heteroatoms. The smallest absolute Gasteiger partial charge is 0.228 e. The van der Waals surface area contributed by atoms with Gasteiger partial charge in [0.25, 0.3) is 0 Å². The Morgan fingerprint density at radius 1 is 1.14 bits per heavy atom. The minimum atomic E-state index is -0.108. The fourth-order valence-corrected chi connectivity index (χ4v) is 2.31. The van der Waals surface area contributed by atoms with E-state index in [-0.39, 0.29) is 18.1 Å². The van der Waals surface area contributed by atoms with Gasteiger partial charge < -0.3 is 10.1 Å². The summed E-state index contributed by atoms with van der Waals surface area (Å²) in [6.07, 6.45) is 0.269. The monoisotopic (exact) mass is 297 g/mol. The third kappa shape index (κ3) is 3.95. The van der Waals surface area contributed by atoms with Crippen LogP contribution in [0.4, 0.5) is 5.69 Å².